The van der Waals surface area contributed by atoms with E-state index in [0.29, 0.717) is 17.7 Å². The number of rotatable bonds is 3. The number of carbonyl (C=O) groups excluding carboxylic acids is 1. The number of nitrogens with zero attached hydrogens (tertiary/aromatic N) is 1. The van der Waals surface area contributed by atoms with E-state index in [9.17, 15) is 4.79 Å². The zero-order valence-electron chi connectivity index (χ0n) is 12.3. The fourth-order valence-corrected chi connectivity index (χ4v) is 3.45. The van der Waals surface area contributed by atoms with Crippen molar-refractivity contribution in [2.75, 3.05) is 32.1 Å². The van der Waals surface area contributed by atoms with E-state index in [2.05, 4.69) is 31.4 Å². The number of hydrogen-bond acceptors (Lipinski definition) is 3. The Morgan fingerprint density at radius 3 is 2.53 bits per heavy atom. The molecule has 0 bridgehead atoms. The first kappa shape index (κ1) is 15.2. The maximum atomic E-state index is 12.3. The molecule has 0 atom stereocenters. The van der Waals surface area contributed by atoms with E-state index >= 15 is 0 Å². The Kier molecular flexibility index (Phi) is 4.83. The second-order valence-electron chi connectivity index (χ2n) is 7.00. The Morgan fingerprint density at radius 2 is 1.89 bits per heavy atom. The number of thiol groups is 1. The summed E-state index contributed by atoms with van der Waals surface area (Å²) >= 11 is 4.55. The van der Waals surface area contributed by atoms with Crippen LogP contribution in [0.1, 0.15) is 46.0 Å². The molecule has 0 radical (unpaired) electrons. The molecule has 0 unspecified atom stereocenters. The molecule has 0 aromatic carbocycles. The summed E-state index contributed by atoms with van der Waals surface area (Å²) in [7, 11) is 0. The summed E-state index contributed by atoms with van der Waals surface area (Å²) in [4.78, 5) is 14.4. The summed E-state index contributed by atoms with van der Waals surface area (Å²) in [6, 6.07) is 0. The lowest BCUT2D eigenvalue weighted by Crippen LogP contribution is -2.45. The topological polar surface area (TPSA) is 29.5 Å². The maximum Gasteiger partial charge on any atom is 0.222 e. The summed E-state index contributed by atoms with van der Waals surface area (Å²) in [5.41, 5.74) is 0.472. The highest BCUT2D eigenvalue weighted by atomic mass is 32.1. The van der Waals surface area contributed by atoms with Gasteiger partial charge in [-0.15, -0.1) is 0 Å². The largest absolute Gasteiger partial charge is 0.381 e. The first-order valence-corrected chi connectivity index (χ1v) is 8.06. The van der Waals surface area contributed by atoms with E-state index in [1.165, 1.54) is 0 Å². The summed E-state index contributed by atoms with van der Waals surface area (Å²) in [6.07, 6.45) is 4.89. The first-order valence-electron chi connectivity index (χ1n) is 7.43. The molecule has 0 aromatic rings. The molecule has 2 aliphatic rings. The van der Waals surface area contributed by atoms with Crippen LogP contribution in [-0.4, -0.2) is 42.9 Å². The second-order valence-corrected chi connectivity index (χ2v) is 7.32. The van der Waals surface area contributed by atoms with Crippen LogP contribution < -0.4 is 0 Å². The minimum Gasteiger partial charge on any atom is -0.381 e. The average molecular weight is 285 g/mol. The van der Waals surface area contributed by atoms with Crippen LogP contribution in [0.5, 0.6) is 0 Å². The smallest absolute Gasteiger partial charge is 0.222 e. The summed E-state index contributed by atoms with van der Waals surface area (Å²) in [5.74, 6) is 1.18. The van der Waals surface area contributed by atoms with Gasteiger partial charge in [-0.3, -0.25) is 4.79 Å². The van der Waals surface area contributed by atoms with Gasteiger partial charge in [-0.25, -0.2) is 0 Å². The third kappa shape index (κ3) is 3.88. The number of hydrogen-bond donors (Lipinski definition) is 1. The van der Waals surface area contributed by atoms with Gasteiger partial charge in [-0.2, -0.15) is 12.6 Å². The Bertz CT molecular complexity index is 324. The van der Waals surface area contributed by atoms with E-state index < -0.39 is 0 Å². The van der Waals surface area contributed by atoms with Gasteiger partial charge in [0.15, 0.2) is 0 Å². The summed E-state index contributed by atoms with van der Waals surface area (Å²) < 4.78 is 5.46. The highest BCUT2D eigenvalue weighted by Crippen LogP contribution is 2.36. The van der Waals surface area contributed by atoms with Crippen molar-refractivity contribution in [3.05, 3.63) is 0 Å². The van der Waals surface area contributed by atoms with E-state index in [4.69, 9.17) is 4.74 Å². The molecule has 110 valence electrons. The molecular weight excluding hydrogens is 258 g/mol. The van der Waals surface area contributed by atoms with Gasteiger partial charge in [0.05, 0.1) is 0 Å². The summed E-state index contributed by atoms with van der Waals surface area (Å²) in [6.45, 7) is 7.94. The molecule has 0 N–H and O–H groups in total. The van der Waals surface area contributed by atoms with Crippen LogP contribution in [0.25, 0.3) is 0 Å². The lowest BCUT2D eigenvalue weighted by Gasteiger charge is -2.40. The van der Waals surface area contributed by atoms with Crippen LogP contribution in [-0.2, 0) is 9.53 Å². The standard InChI is InChI=1S/C15H27NO2S/c1-14(2)4-3-13(17)16(8-5-14)11-15(12-19)6-9-18-10-7-15/h19H,3-12H2,1-2H3. The molecule has 0 aliphatic carbocycles. The SMILES string of the molecule is CC1(C)CCC(=O)N(CC2(CS)CCOCC2)CC1. The highest BCUT2D eigenvalue weighted by Gasteiger charge is 2.36. The third-order valence-electron chi connectivity index (χ3n) is 4.84. The second kappa shape index (κ2) is 6.04. The van der Waals surface area contributed by atoms with Crippen LogP contribution in [0.4, 0.5) is 0 Å². The number of ether oxygens (including phenoxy) is 1. The van der Waals surface area contributed by atoms with Crippen LogP contribution in [0.15, 0.2) is 0 Å². The van der Waals surface area contributed by atoms with Crippen molar-refractivity contribution in [2.24, 2.45) is 10.8 Å². The molecule has 2 saturated heterocycles. The quantitative estimate of drug-likeness (QED) is 0.808. The molecule has 19 heavy (non-hydrogen) atoms. The predicted molar refractivity (Wildman–Crippen MR) is 80.6 cm³/mol. The van der Waals surface area contributed by atoms with Crippen molar-refractivity contribution in [3.8, 4) is 0 Å². The van der Waals surface area contributed by atoms with Gasteiger partial charge in [0, 0.05) is 38.1 Å². The van der Waals surface area contributed by atoms with Crippen molar-refractivity contribution < 1.29 is 9.53 Å². The van der Waals surface area contributed by atoms with Gasteiger partial charge in [-0.05, 0) is 36.9 Å². The van der Waals surface area contributed by atoms with Crippen LogP contribution in [0.3, 0.4) is 0 Å². The zero-order valence-corrected chi connectivity index (χ0v) is 13.2. The number of carbonyl (C=O) groups is 1. The monoisotopic (exact) mass is 285 g/mol. The lowest BCUT2D eigenvalue weighted by molar-refractivity contribution is -0.133. The van der Waals surface area contributed by atoms with Crippen molar-refractivity contribution in [2.45, 2.75) is 46.0 Å². The van der Waals surface area contributed by atoms with Crippen molar-refractivity contribution >= 4 is 18.5 Å². The Hall–Kier alpha value is -0.220. The van der Waals surface area contributed by atoms with E-state index in [-0.39, 0.29) is 5.41 Å². The highest BCUT2D eigenvalue weighted by molar-refractivity contribution is 7.80. The molecule has 0 spiro atoms. The predicted octanol–water partition coefficient (Wildman–Crippen LogP) is 2.75. The average Bonchev–Trinajstić information content (AvgIpc) is 2.53. The maximum absolute atomic E-state index is 12.3. The van der Waals surface area contributed by atoms with E-state index in [1.807, 2.05) is 0 Å². The fraction of sp³-hybridized carbons (Fsp3) is 0.933. The molecule has 0 saturated carbocycles. The van der Waals surface area contributed by atoms with Crippen LogP contribution in [0, 0.1) is 10.8 Å². The first-order chi connectivity index (χ1) is 8.96. The summed E-state index contributed by atoms with van der Waals surface area (Å²) in [5, 5.41) is 0. The molecule has 0 aromatic heterocycles. The van der Waals surface area contributed by atoms with Gasteiger partial charge >= 0.3 is 0 Å². The van der Waals surface area contributed by atoms with Gasteiger partial charge in [0.25, 0.3) is 0 Å². The molecule has 2 rings (SSSR count). The van der Waals surface area contributed by atoms with Crippen molar-refractivity contribution in [1.29, 1.82) is 0 Å². The van der Waals surface area contributed by atoms with Gasteiger partial charge in [-0.1, -0.05) is 13.8 Å². The molecular formula is C15H27NO2S. The molecule has 1 amide bonds. The van der Waals surface area contributed by atoms with Gasteiger partial charge < -0.3 is 9.64 Å². The van der Waals surface area contributed by atoms with Crippen LogP contribution >= 0.6 is 12.6 Å². The molecule has 3 nitrogen and oxygen atoms in total. The number of amides is 1. The van der Waals surface area contributed by atoms with Crippen LogP contribution in [0.2, 0.25) is 0 Å². The van der Waals surface area contributed by atoms with Crippen molar-refractivity contribution in [3.63, 3.8) is 0 Å². The zero-order chi connectivity index (χ0) is 13.9. The Morgan fingerprint density at radius 1 is 1.21 bits per heavy atom. The number of likely N-dealkylation sites (tertiary alicyclic amines) is 1. The fourth-order valence-electron chi connectivity index (χ4n) is 3.03. The molecule has 2 heterocycles. The lowest BCUT2D eigenvalue weighted by atomic mass is 9.81. The molecule has 2 aliphatic heterocycles. The van der Waals surface area contributed by atoms with E-state index in [1.54, 1.807) is 0 Å². The van der Waals surface area contributed by atoms with Crippen molar-refractivity contribution in [1.82, 2.24) is 4.90 Å². The molecule has 4 heteroatoms. The minimum atomic E-state index is 0.172. The Balaban J connectivity index is 2.01. The van der Waals surface area contributed by atoms with Gasteiger partial charge in [0.1, 0.15) is 0 Å². The normalized spacial score (nSPS) is 27.1. The van der Waals surface area contributed by atoms with E-state index in [0.717, 1.165) is 57.7 Å². The van der Waals surface area contributed by atoms with Gasteiger partial charge in [0.2, 0.25) is 5.91 Å². The Labute approximate surface area is 122 Å². The molecule has 2 fully saturated rings. The minimum absolute atomic E-state index is 0.172. The third-order valence-corrected chi connectivity index (χ3v) is 5.51.